The second-order valence-electron chi connectivity index (χ2n) is 4.96. The molecule has 0 saturated heterocycles. The van der Waals surface area contributed by atoms with Crippen LogP contribution in [0.2, 0.25) is 0 Å². The number of nitrogens with zero attached hydrogens (tertiary/aromatic N) is 1. The monoisotopic (exact) mass is 385 g/mol. The lowest BCUT2D eigenvalue weighted by Crippen LogP contribution is -2.42. The van der Waals surface area contributed by atoms with E-state index >= 15 is 0 Å². The van der Waals surface area contributed by atoms with Gasteiger partial charge < -0.3 is 29.1 Å². The van der Waals surface area contributed by atoms with Crippen LogP contribution >= 0.6 is 7.60 Å². The van der Waals surface area contributed by atoms with Gasteiger partial charge in [0.05, 0.1) is 12.5 Å². The summed E-state index contributed by atoms with van der Waals surface area (Å²) < 4.78 is 24.8. The molecule has 0 spiro atoms. The third kappa shape index (κ3) is 9.65. The van der Waals surface area contributed by atoms with Crippen LogP contribution in [-0.2, 0) is 33.2 Å². The molecule has 0 heterocycles. The van der Waals surface area contributed by atoms with Crippen LogP contribution in [0.3, 0.4) is 0 Å². The Labute approximate surface area is 142 Å². The fraction of sp³-hybridized carbons (Fsp3) is 0.667. The molecule has 25 heavy (non-hydrogen) atoms. The van der Waals surface area contributed by atoms with Crippen LogP contribution in [0.1, 0.15) is 20.8 Å². The number of carbonyl (C=O) groups is 4. The predicted molar refractivity (Wildman–Crippen MR) is 79.1 cm³/mol. The summed E-state index contributed by atoms with van der Waals surface area (Å²) >= 11 is 0. The lowest BCUT2D eigenvalue weighted by atomic mass is 10.2. The summed E-state index contributed by atoms with van der Waals surface area (Å²) in [6.45, 7) is 3.07. The van der Waals surface area contributed by atoms with E-state index in [9.17, 15) is 23.7 Å². The van der Waals surface area contributed by atoms with Crippen molar-refractivity contribution in [3.63, 3.8) is 0 Å². The zero-order chi connectivity index (χ0) is 19.8. The van der Waals surface area contributed by atoms with E-state index in [0.717, 1.165) is 0 Å². The van der Waals surface area contributed by atoms with Gasteiger partial charge in [-0.25, -0.2) is 9.59 Å². The van der Waals surface area contributed by atoms with E-state index < -0.39 is 56.6 Å². The summed E-state index contributed by atoms with van der Waals surface area (Å²) in [5, 5.41) is 8.70. The van der Waals surface area contributed by atoms with Gasteiger partial charge in [-0.05, 0) is 6.92 Å². The molecule has 0 aromatic rings. The molecule has 0 aliphatic rings. The van der Waals surface area contributed by atoms with Crippen molar-refractivity contribution in [1.29, 1.82) is 0 Å². The molecule has 0 radical (unpaired) electrons. The number of carboxylic acid groups (broad SMARTS) is 1. The molecule has 0 rings (SSSR count). The average molecular weight is 385 g/mol. The average Bonchev–Trinajstić information content (AvgIpc) is 2.43. The Bertz CT molecular complexity index is 555. The Balaban J connectivity index is 5.28. The number of aliphatic carboxylic acids is 1. The Hall–Kier alpha value is -2.17. The highest BCUT2D eigenvalue weighted by Gasteiger charge is 2.34. The molecule has 0 aliphatic carbocycles. The summed E-state index contributed by atoms with van der Waals surface area (Å²) in [4.78, 5) is 63.8. The molecule has 13 heteroatoms. The molecule has 0 saturated carbocycles. The summed E-state index contributed by atoms with van der Waals surface area (Å²) in [6, 6.07) is 0. The summed E-state index contributed by atoms with van der Waals surface area (Å²) in [7, 11) is -4.82. The molecular weight excluding hydrogens is 365 g/mol. The van der Waals surface area contributed by atoms with Crippen molar-refractivity contribution in [1.82, 2.24) is 4.90 Å². The molecule has 1 unspecified atom stereocenters. The van der Waals surface area contributed by atoms with Gasteiger partial charge in [-0.3, -0.25) is 19.1 Å². The number of hydrogen-bond donors (Lipinski definition) is 3. The highest BCUT2D eigenvalue weighted by molar-refractivity contribution is 7.51. The zero-order valence-electron chi connectivity index (χ0n) is 13.8. The lowest BCUT2D eigenvalue weighted by Gasteiger charge is -2.23. The number of amides is 1. The normalized spacial score (nSPS) is 12.2. The van der Waals surface area contributed by atoms with Crippen molar-refractivity contribution in [2.45, 2.75) is 27.1 Å². The van der Waals surface area contributed by atoms with E-state index in [1.807, 2.05) is 0 Å². The number of rotatable bonds is 9. The van der Waals surface area contributed by atoms with Gasteiger partial charge in [-0.15, -0.1) is 0 Å². The molecule has 0 aromatic carbocycles. The molecule has 3 N–H and O–H groups in total. The first-order valence-corrected chi connectivity index (χ1v) is 8.76. The van der Waals surface area contributed by atoms with Crippen LogP contribution in [0.25, 0.3) is 0 Å². The van der Waals surface area contributed by atoms with Gasteiger partial charge in [0, 0.05) is 0 Å². The highest BCUT2D eigenvalue weighted by Crippen LogP contribution is 2.35. The van der Waals surface area contributed by atoms with Crippen molar-refractivity contribution in [3.8, 4) is 0 Å². The van der Waals surface area contributed by atoms with Crippen molar-refractivity contribution >= 4 is 31.6 Å². The van der Waals surface area contributed by atoms with Crippen LogP contribution in [0.15, 0.2) is 0 Å². The fourth-order valence-electron chi connectivity index (χ4n) is 1.30. The molecule has 0 aromatic heterocycles. The molecule has 12 nitrogen and oxygen atoms in total. The summed E-state index contributed by atoms with van der Waals surface area (Å²) in [6.07, 6.45) is -5.00. The minimum atomic E-state index is -4.82. The molecular formula is C12H20NO11P. The number of carbonyl (C=O) groups excluding carboxylic acids is 3. The Morgan fingerprint density at radius 2 is 1.64 bits per heavy atom. The van der Waals surface area contributed by atoms with Crippen LogP contribution in [0.4, 0.5) is 4.79 Å². The van der Waals surface area contributed by atoms with Gasteiger partial charge in [0.25, 0.3) is 0 Å². The van der Waals surface area contributed by atoms with E-state index in [4.69, 9.17) is 14.9 Å². The van der Waals surface area contributed by atoms with Crippen LogP contribution in [-0.4, -0.2) is 69.5 Å². The fourth-order valence-corrected chi connectivity index (χ4v) is 1.96. The molecule has 1 amide bonds. The van der Waals surface area contributed by atoms with Gasteiger partial charge in [0.1, 0.15) is 12.8 Å². The molecule has 0 fully saturated rings. The van der Waals surface area contributed by atoms with E-state index in [1.54, 1.807) is 0 Å². The van der Waals surface area contributed by atoms with Crippen LogP contribution in [0, 0.1) is 5.92 Å². The van der Waals surface area contributed by atoms with Crippen molar-refractivity contribution in [2.24, 2.45) is 5.92 Å². The van der Waals surface area contributed by atoms with Gasteiger partial charge in [-0.1, -0.05) is 13.8 Å². The Morgan fingerprint density at radius 3 is 2.04 bits per heavy atom. The van der Waals surface area contributed by atoms with Gasteiger partial charge in [-0.2, -0.15) is 0 Å². The third-order valence-electron chi connectivity index (χ3n) is 2.32. The molecule has 0 aliphatic heterocycles. The predicted octanol–water partition coefficient (Wildman–Crippen LogP) is -0.267. The molecule has 1 atom stereocenters. The maximum atomic E-state index is 11.9. The Kier molecular flexibility index (Phi) is 9.10. The minimum Gasteiger partial charge on any atom is -0.480 e. The van der Waals surface area contributed by atoms with E-state index in [-0.39, 0.29) is 11.5 Å². The second kappa shape index (κ2) is 9.97. The summed E-state index contributed by atoms with van der Waals surface area (Å²) in [5.41, 5.74) is 0. The van der Waals surface area contributed by atoms with Crippen LogP contribution in [0.5, 0.6) is 0 Å². The van der Waals surface area contributed by atoms with E-state index in [0.29, 0.717) is 0 Å². The zero-order valence-corrected chi connectivity index (χ0v) is 14.7. The van der Waals surface area contributed by atoms with Gasteiger partial charge in [0.15, 0.2) is 0 Å². The first-order valence-electron chi connectivity index (χ1n) is 6.96. The third-order valence-corrected chi connectivity index (χ3v) is 3.03. The number of esters is 2. The Morgan fingerprint density at radius 1 is 1.08 bits per heavy atom. The highest BCUT2D eigenvalue weighted by atomic mass is 31.2. The van der Waals surface area contributed by atoms with Crippen LogP contribution < -0.4 is 0 Å². The van der Waals surface area contributed by atoms with E-state index in [1.165, 1.54) is 20.8 Å². The SMILES string of the molecule is CCOC(=O)C(OC(=O)C(C)C)OC(=O)N(CC(=O)O)CP(=O)(O)O. The minimum absolute atomic E-state index is 0.132. The summed E-state index contributed by atoms with van der Waals surface area (Å²) in [5.74, 6) is -4.42. The number of ether oxygens (including phenoxy) is 3. The largest absolute Gasteiger partial charge is 0.480 e. The lowest BCUT2D eigenvalue weighted by molar-refractivity contribution is -0.194. The smallest absolute Gasteiger partial charge is 0.414 e. The van der Waals surface area contributed by atoms with E-state index in [2.05, 4.69) is 14.2 Å². The standard InChI is InChI=1S/C12H20NO11P/c1-4-22-10(17)11(23-9(16)7(2)3)24-12(18)13(5-8(14)15)6-25(19,20)21/h7,11H,4-6H2,1-3H3,(H,14,15)(H2,19,20,21). The van der Waals surface area contributed by atoms with Gasteiger partial charge >= 0.3 is 37.9 Å². The maximum Gasteiger partial charge on any atom is 0.414 e. The number of hydrogen-bond acceptors (Lipinski definition) is 8. The second-order valence-corrected chi connectivity index (χ2v) is 6.57. The maximum absolute atomic E-state index is 11.9. The van der Waals surface area contributed by atoms with Crippen molar-refractivity contribution < 1.29 is 52.8 Å². The molecule has 144 valence electrons. The molecule has 0 bridgehead atoms. The topological polar surface area (TPSA) is 177 Å². The van der Waals surface area contributed by atoms with Crippen molar-refractivity contribution in [2.75, 3.05) is 19.4 Å². The number of carboxylic acids is 1. The first-order chi connectivity index (χ1) is 11.4. The quantitative estimate of drug-likeness (QED) is 0.270. The van der Waals surface area contributed by atoms with Crippen molar-refractivity contribution in [3.05, 3.63) is 0 Å². The van der Waals surface area contributed by atoms with Gasteiger partial charge in [0.2, 0.25) is 0 Å². The first kappa shape index (κ1) is 22.8.